The largest absolute Gasteiger partial charge is 0.368 e. The van der Waals surface area contributed by atoms with Crippen molar-refractivity contribution in [2.45, 2.75) is 19.9 Å². The molecule has 0 aliphatic carbocycles. The summed E-state index contributed by atoms with van der Waals surface area (Å²) in [7, 11) is 1.50. The van der Waals surface area contributed by atoms with Crippen molar-refractivity contribution in [1.82, 2.24) is 10.2 Å². The molecule has 0 fully saturated rings. The molecule has 3 amide bonds. The van der Waals surface area contributed by atoms with E-state index >= 15 is 0 Å². The lowest BCUT2D eigenvalue weighted by Crippen LogP contribution is -2.46. The minimum absolute atomic E-state index is 0.0764. The molecular formula is C8H15N3O3. The average molecular weight is 201 g/mol. The highest BCUT2D eigenvalue weighted by molar-refractivity contribution is 5.88. The number of hydrogen-bond donors (Lipinski definition) is 2. The third-order valence-corrected chi connectivity index (χ3v) is 1.72. The molecule has 0 heterocycles. The monoisotopic (exact) mass is 201 g/mol. The van der Waals surface area contributed by atoms with Crippen LogP contribution in [0.3, 0.4) is 0 Å². The molecule has 0 aliphatic rings. The third-order valence-electron chi connectivity index (χ3n) is 1.72. The Morgan fingerprint density at radius 2 is 1.93 bits per heavy atom. The quantitative estimate of drug-likeness (QED) is 0.577. The molecule has 0 radical (unpaired) electrons. The van der Waals surface area contributed by atoms with Gasteiger partial charge < -0.3 is 16.0 Å². The molecule has 0 aliphatic heterocycles. The van der Waals surface area contributed by atoms with Gasteiger partial charge in [0, 0.05) is 14.0 Å². The summed E-state index contributed by atoms with van der Waals surface area (Å²) in [5, 5.41) is 2.36. The Kier molecular flexibility index (Phi) is 4.62. The number of nitrogens with one attached hydrogen (secondary N) is 1. The van der Waals surface area contributed by atoms with Crippen LogP contribution < -0.4 is 11.1 Å². The highest BCUT2D eigenvalue weighted by atomic mass is 16.2. The molecule has 0 saturated carbocycles. The van der Waals surface area contributed by atoms with Crippen LogP contribution in [-0.4, -0.2) is 42.3 Å². The SMILES string of the molecule is CC(=O)N(C)CC(=O)NC(C)C(N)=O. The number of amides is 3. The van der Waals surface area contributed by atoms with Crippen LogP contribution in [0, 0.1) is 0 Å². The Bertz CT molecular complexity index is 228. The first-order chi connectivity index (χ1) is 6.34. The van der Waals surface area contributed by atoms with Gasteiger partial charge in [0.1, 0.15) is 6.04 Å². The fourth-order valence-electron chi connectivity index (χ4n) is 0.685. The van der Waals surface area contributed by atoms with Crippen LogP contribution >= 0.6 is 0 Å². The molecule has 14 heavy (non-hydrogen) atoms. The van der Waals surface area contributed by atoms with Gasteiger partial charge in [0.2, 0.25) is 17.7 Å². The summed E-state index contributed by atoms with van der Waals surface area (Å²) < 4.78 is 0. The van der Waals surface area contributed by atoms with E-state index in [1.807, 2.05) is 0 Å². The van der Waals surface area contributed by atoms with Gasteiger partial charge in [0.15, 0.2) is 0 Å². The van der Waals surface area contributed by atoms with E-state index in [1.165, 1.54) is 25.8 Å². The van der Waals surface area contributed by atoms with Crippen molar-refractivity contribution >= 4 is 17.7 Å². The van der Waals surface area contributed by atoms with E-state index in [4.69, 9.17) is 5.73 Å². The Balaban J connectivity index is 3.99. The lowest BCUT2D eigenvalue weighted by Gasteiger charge is -2.16. The topological polar surface area (TPSA) is 92.5 Å². The van der Waals surface area contributed by atoms with Crippen molar-refractivity contribution < 1.29 is 14.4 Å². The van der Waals surface area contributed by atoms with Crippen LogP contribution in [-0.2, 0) is 14.4 Å². The molecule has 3 N–H and O–H groups in total. The number of nitrogens with zero attached hydrogens (tertiary/aromatic N) is 1. The Morgan fingerprint density at radius 3 is 2.29 bits per heavy atom. The minimum Gasteiger partial charge on any atom is -0.368 e. The van der Waals surface area contributed by atoms with Gasteiger partial charge in [-0.3, -0.25) is 14.4 Å². The first-order valence-electron chi connectivity index (χ1n) is 4.15. The molecule has 0 rings (SSSR count). The van der Waals surface area contributed by atoms with Crippen molar-refractivity contribution in [1.29, 1.82) is 0 Å². The standard InChI is InChI=1S/C8H15N3O3/c1-5(8(9)14)10-7(13)4-11(3)6(2)12/h5H,4H2,1-3H3,(H2,9,14)(H,10,13). The molecule has 0 spiro atoms. The van der Waals surface area contributed by atoms with Gasteiger partial charge in [-0.25, -0.2) is 0 Å². The van der Waals surface area contributed by atoms with Gasteiger partial charge in [-0.05, 0) is 6.92 Å². The van der Waals surface area contributed by atoms with Gasteiger partial charge in [-0.1, -0.05) is 0 Å². The normalized spacial score (nSPS) is 11.6. The Morgan fingerprint density at radius 1 is 1.43 bits per heavy atom. The number of rotatable bonds is 4. The van der Waals surface area contributed by atoms with E-state index in [1.54, 1.807) is 0 Å². The average Bonchev–Trinajstić information content (AvgIpc) is 2.03. The molecule has 0 aromatic carbocycles. The third kappa shape index (κ3) is 4.44. The highest BCUT2D eigenvalue weighted by Crippen LogP contribution is 1.85. The van der Waals surface area contributed by atoms with E-state index in [9.17, 15) is 14.4 Å². The molecule has 0 saturated heterocycles. The van der Waals surface area contributed by atoms with Gasteiger partial charge in [0.25, 0.3) is 0 Å². The molecule has 0 aromatic rings. The smallest absolute Gasteiger partial charge is 0.240 e. The number of nitrogens with two attached hydrogens (primary N) is 1. The summed E-state index contributed by atoms with van der Waals surface area (Å²) in [5.74, 6) is -1.23. The fourth-order valence-corrected chi connectivity index (χ4v) is 0.685. The summed E-state index contributed by atoms with van der Waals surface area (Å²) >= 11 is 0. The van der Waals surface area contributed by atoms with Gasteiger partial charge >= 0.3 is 0 Å². The van der Waals surface area contributed by atoms with Crippen LogP contribution in [0.5, 0.6) is 0 Å². The number of carbonyl (C=O) groups excluding carboxylic acids is 3. The summed E-state index contributed by atoms with van der Waals surface area (Å²) in [6.45, 7) is 2.76. The van der Waals surface area contributed by atoms with Crippen LogP contribution in [0.25, 0.3) is 0 Å². The predicted molar refractivity (Wildman–Crippen MR) is 50.1 cm³/mol. The van der Waals surface area contributed by atoms with Crippen LogP contribution in [0.2, 0.25) is 0 Å². The highest BCUT2D eigenvalue weighted by Gasteiger charge is 2.14. The van der Waals surface area contributed by atoms with Gasteiger partial charge in [0.05, 0.1) is 6.54 Å². The maximum Gasteiger partial charge on any atom is 0.240 e. The molecule has 0 aromatic heterocycles. The van der Waals surface area contributed by atoms with Crippen LogP contribution in [0.1, 0.15) is 13.8 Å². The van der Waals surface area contributed by atoms with E-state index in [-0.39, 0.29) is 12.5 Å². The van der Waals surface area contributed by atoms with E-state index < -0.39 is 17.9 Å². The zero-order valence-corrected chi connectivity index (χ0v) is 8.53. The van der Waals surface area contributed by atoms with Crippen LogP contribution in [0.4, 0.5) is 0 Å². The number of hydrogen-bond acceptors (Lipinski definition) is 3. The number of carbonyl (C=O) groups is 3. The first-order valence-corrected chi connectivity index (χ1v) is 4.15. The van der Waals surface area contributed by atoms with Crippen LogP contribution in [0.15, 0.2) is 0 Å². The molecule has 0 bridgehead atoms. The predicted octanol–water partition coefficient (Wildman–Crippen LogP) is -1.55. The van der Waals surface area contributed by atoms with E-state index in [0.717, 1.165) is 0 Å². The lowest BCUT2D eigenvalue weighted by atomic mass is 10.3. The Hall–Kier alpha value is -1.59. The summed E-state index contributed by atoms with van der Waals surface area (Å²) in [5.41, 5.74) is 4.94. The van der Waals surface area contributed by atoms with Crippen molar-refractivity contribution in [3.05, 3.63) is 0 Å². The second-order valence-corrected chi connectivity index (χ2v) is 3.07. The van der Waals surface area contributed by atoms with Crippen molar-refractivity contribution in [2.75, 3.05) is 13.6 Å². The van der Waals surface area contributed by atoms with Crippen molar-refractivity contribution in [3.63, 3.8) is 0 Å². The molecule has 80 valence electrons. The molecular weight excluding hydrogens is 186 g/mol. The second-order valence-electron chi connectivity index (χ2n) is 3.07. The minimum atomic E-state index is -0.720. The first kappa shape index (κ1) is 12.4. The van der Waals surface area contributed by atoms with Gasteiger partial charge in [-0.15, -0.1) is 0 Å². The summed E-state index contributed by atoms with van der Waals surface area (Å²) in [4.78, 5) is 33.7. The van der Waals surface area contributed by atoms with E-state index in [2.05, 4.69) is 5.32 Å². The maximum absolute atomic E-state index is 11.2. The summed E-state index contributed by atoms with van der Waals surface area (Å²) in [6, 6.07) is -0.720. The lowest BCUT2D eigenvalue weighted by molar-refractivity contribution is -0.134. The second kappa shape index (κ2) is 5.21. The molecule has 6 heteroatoms. The van der Waals surface area contributed by atoms with Crippen molar-refractivity contribution in [2.24, 2.45) is 5.73 Å². The number of likely N-dealkylation sites (N-methyl/N-ethyl adjacent to an activating group) is 1. The molecule has 1 unspecified atom stereocenters. The molecule has 6 nitrogen and oxygen atoms in total. The van der Waals surface area contributed by atoms with E-state index in [0.29, 0.717) is 0 Å². The summed E-state index contributed by atoms with van der Waals surface area (Å²) in [6.07, 6.45) is 0. The zero-order chi connectivity index (χ0) is 11.3. The maximum atomic E-state index is 11.2. The Labute approximate surface area is 82.4 Å². The van der Waals surface area contributed by atoms with Gasteiger partial charge in [-0.2, -0.15) is 0 Å². The number of primary amides is 1. The van der Waals surface area contributed by atoms with Crippen molar-refractivity contribution in [3.8, 4) is 0 Å². The molecule has 1 atom stereocenters. The fraction of sp³-hybridized carbons (Fsp3) is 0.625. The zero-order valence-electron chi connectivity index (χ0n) is 8.53.